The number of aromatic amines is 2. The number of nitrogens with one attached hydrogen (secondary N) is 2. The lowest BCUT2D eigenvalue weighted by molar-refractivity contribution is 0.835. The van der Waals surface area contributed by atoms with E-state index in [1.807, 2.05) is 60.7 Å². The zero-order valence-electron chi connectivity index (χ0n) is 14.9. The molecule has 0 bridgehead atoms. The Kier molecular flexibility index (Phi) is 4.40. The Morgan fingerprint density at radius 3 is 2.39 bits per heavy atom. The van der Waals surface area contributed by atoms with Gasteiger partial charge >= 0.3 is 0 Å². The summed E-state index contributed by atoms with van der Waals surface area (Å²) < 4.78 is 1.40. The van der Waals surface area contributed by atoms with Gasteiger partial charge in [-0.15, -0.1) is 10.2 Å². The van der Waals surface area contributed by atoms with Crippen molar-refractivity contribution >= 4 is 11.5 Å². The van der Waals surface area contributed by atoms with Crippen LogP contribution in [0.15, 0.2) is 75.7 Å². The number of aryl methyl sites for hydroxylation is 1. The van der Waals surface area contributed by atoms with Gasteiger partial charge in [0.25, 0.3) is 5.56 Å². The van der Waals surface area contributed by atoms with E-state index in [2.05, 4.69) is 31.6 Å². The molecule has 2 aromatic heterocycles. The van der Waals surface area contributed by atoms with Crippen molar-refractivity contribution in [2.45, 2.75) is 6.92 Å². The van der Waals surface area contributed by atoms with Crippen molar-refractivity contribution in [2.24, 2.45) is 10.2 Å². The van der Waals surface area contributed by atoms with Crippen molar-refractivity contribution in [2.75, 3.05) is 0 Å². The van der Waals surface area contributed by atoms with E-state index < -0.39 is 0 Å². The van der Waals surface area contributed by atoms with Crippen LogP contribution in [-0.4, -0.2) is 20.0 Å². The Balaban J connectivity index is 1.72. The first-order chi connectivity index (χ1) is 13.7. The molecule has 0 saturated carbocycles. The summed E-state index contributed by atoms with van der Waals surface area (Å²) in [6.45, 7) is 1.74. The molecule has 136 valence electrons. The summed E-state index contributed by atoms with van der Waals surface area (Å²) in [4.78, 5) is 12.7. The van der Waals surface area contributed by atoms with Crippen LogP contribution in [0.5, 0.6) is 0 Å². The Labute approximate surface area is 159 Å². The van der Waals surface area contributed by atoms with Crippen LogP contribution in [0.25, 0.3) is 16.9 Å². The zero-order valence-corrected chi connectivity index (χ0v) is 14.9. The average molecular weight is 369 g/mol. The maximum atomic E-state index is 12.7. The van der Waals surface area contributed by atoms with Crippen molar-refractivity contribution in [1.82, 2.24) is 20.0 Å². The van der Waals surface area contributed by atoms with Gasteiger partial charge in [0, 0.05) is 5.56 Å². The molecule has 8 heteroatoms. The van der Waals surface area contributed by atoms with Crippen molar-refractivity contribution < 1.29 is 0 Å². The fourth-order valence-corrected chi connectivity index (χ4v) is 2.84. The maximum absolute atomic E-state index is 12.7. The minimum absolute atomic E-state index is 0.132. The molecule has 0 aliphatic heterocycles. The molecular formula is C20H15N7O. The largest absolute Gasteiger partial charge is 0.299 e. The normalized spacial score (nSPS) is 11.0. The number of benzene rings is 2. The second kappa shape index (κ2) is 7.17. The highest BCUT2D eigenvalue weighted by Gasteiger charge is 2.16. The van der Waals surface area contributed by atoms with Gasteiger partial charge in [-0.2, -0.15) is 10.4 Å². The van der Waals surface area contributed by atoms with Crippen molar-refractivity contribution in [3.8, 4) is 23.0 Å². The Morgan fingerprint density at radius 1 is 1.04 bits per heavy atom. The van der Waals surface area contributed by atoms with Gasteiger partial charge in [-0.05, 0) is 19.1 Å². The quantitative estimate of drug-likeness (QED) is 0.526. The number of hydrogen-bond acceptors (Lipinski definition) is 5. The summed E-state index contributed by atoms with van der Waals surface area (Å²) in [7, 11) is 0. The maximum Gasteiger partial charge on any atom is 0.299 e. The Hall–Kier alpha value is -4.25. The minimum Gasteiger partial charge on any atom is -0.293 e. The van der Waals surface area contributed by atoms with Crippen LogP contribution < -0.4 is 5.56 Å². The summed E-state index contributed by atoms with van der Waals surface area (Å²) >= 11 is 0. The van der Waals surface area contributed by atoms with Crippen molar-refractivity contribution in [1.29, 1.82) is 5.26 Å². The van der Waals surface area contributed by atoms with Crippen LogP contribution in [0, 0.1) is 18.3 Å². The molecule has 4 aromatic rings. The summed E-state index contributed by atoms with van der Waals surface area (Å²) in [5.74, 6) is 0.132. The lowest BCUT2D eigenvalue weighted by Gasteiger charge is -1.99. The third-order valence-corrected chi connectivity index (χ3v) is 4.22. The predicted molar refractivity (Wildman–Crippen MR) is 104 cm³/mol. The van der Waals surface area contributed by atoms with Crippen LogP contribution in [0.1, 0.15) is 11.3 Å². The number of nitrogens with zero attached hydrogens (tertiary/aromatic N) is 5. The van der Waals surface area contributed by atoms with E-state index in [0.717, 1.165) is 5.56 Å². The van der Waals surface area contributed by atoms with E-state index >= 15 is 0 Å². The molecule has 0 aliphatic rings. The number of aromatic nitrogens is 4. The molecule has 0 unspecified atom stereocenters. The number of azo groups is 1. The van der Waals surface area contributed by atoms with Gasteiger partial charge in [0.1, 0.15) is 11.6 Å². The highest BCUT2D eigenvalue weighted by atomic mass is 16.1. The summed E-state index contributed by atoms with van der Waals surface area (Å²) in [6.07, 6.45) is 0. The van der Waals surface area contributed by atoms with Gasteiger partial charge in [0.15, 0.2) is 5.69 Å². The molecule has 0 saturated heterocycles. The average Bonchev–Trinajstić information content (AvgIpc) is 3.28. The molecule has 28 heavy (non-hydrogen) atoms. The third kappa shape index (κ3) is 3.01. The molecule has 2 N–H and O–H groups in total. The molecular weight excluding hydrogens is 354 g/mol. The van der Waals surface area contributed by atoms with Crippen LogP contribution in [-0.2, 0) is 0 Å². The molecule has 0 amide bonds. The van der Waals surface area contributed by atoms with Gasteiger partial charge in [-0.3, -0.25) is 15.0 Å². The van der Waals surface area contributed by atoms with E-state index in [4.69, 9.17) is 0 Å². The van der Waals surface area contributed by atoms with Gasteiger partial charge in [0.05, 0.1) is 17.1 Å². The predicted octanol–water partition coefficient (Wildman–Crippen LogP) is 4.15. The molecule has 8 nitrogen and oxygen atoms in total. The van der Waals surface area contributed by atoms with Crippen LogP contribution in [0.3, 0.4) is 0 Å². The first-order valence-electron chi connectivity index (χ1n) is 8.51. The smallest absolute Gasteiger partial charge is 0.293 e. The van der Waals surface area contributed by atoms with Crippen LogP contribution >= 0.6 is 0 Å². The second-order valence-corrected chi connectivity index (χ2v) is 6.04. The van der Waals surface area contributed by atoms with Crippen LogP contribution in [0.2, 0.25) is 0 Å². The van der Waals surface area contributed by atoms with E-state index in [9.17, 15) is 10.1 Å². The first-order valence-corrected chi connectivity index (χ1v) is 8.51. The lowest BCUT2D eigenvalue weighted by Crippen LogP contribution is -2.13. The SMILES string of the molecule is Cc1[nH]n(-c2ccccc2)c(=O)c1N=Nc1n[nH]c(-c2ccccc2)c1C#N. The lowest BCUT2D eigenvalue weighted by atomic mass is 10.1. The fraction of sp³-hybridized carbons (Fsp3) is 0.0500. The van der Waals surface area contributed by atoms with Gasteiger partial charge < -0.3 is 0 Å². The highest BCUT2D eigenvalue weighted by molar-refractivity contribution is 5.71. The molecule has 0 aliphatic carbocycles. The van der Waals surface area contributed by atoms with E-state index in [0.29, 0.717) is 17.1 Å². The number of nitriles is 1. The number of para-hydroxylation sites is 1. The zero-order chi connectivity index (χ0) is 19.5. The van der Waals surface area contributed by atoms with E-state index in [-0.39, 0.29) is 22.6 Å². The van der Waals surface area contributed by atoms with E-state index in [1.54, 1.807) is 6.92 Å². The summed E-state index contributed by atoms with van der Waals surface area (Å²) in [6, 6.07) is 20.6. The molecule has 4 rings (SSSR count). The van der Waals surface area contributed by atoms with Crippen molar-refractivity contribution in [3.63, 3.8) is 0 Å². The monoisotopic (exact) mass is 369 g/mol. The molecule has 2 aromatic carbocycles. The third-order valence-electron chi connectivity index (χ3n) is 4.22. The minimum atomic E-state index is -0.329. The number of hydrogen-bond donors (Lipinski definition) is 2. The van der Waals surface area contributed by atoms with Gasteiger partial charge in [-0.1, -0.05) is 48.5 Å². The topological polar surface area (TPSA) is 115 Å². The summed E-state index contributed by atoms with van der Waals surface area (Å²) in [5, 5.41) is 27.5. The molecule has 0 spiro atoms. The fourth-order valence-electron chi connectivity index (χ4n) is 2.84. The molecule has 2 heterocycles. The Bertz CT molecular complexity index is 1240. The molecule has 0 radical (unpaired) electrons. The van der Waals surface area contributed by atoms with Gasteiger partial charge in [0.2, 0.25) is 5.82 Å². The molecule has 0 atom stereocenters. The first kappa shape index (κ1) is 17.2. The Morgan fingerprint density at radius 2 is 1.71 bits per heavy atom. The van der Waals surface area contributed by atoms with E-state index in [1.165, 1.54) is 4.68 Å². The van der Waals surface area contributed by atoms with Gasteiger partial charge in [-0.25, -0.2) is 4.68 Å². The van der Waals surface area contributed by atoms with Crippen LogP contribution in [0.4, 0.5) is 11.5 Å². The second-order valence-electron chi connectivity index (χ2n) is 6.04. The summed E-state index contributed by atoms with van der Waals surface area (Å²) in [5.41, 5.74) is 2.74. The molecule has 0 fully saturated rings. The number of H-pyrrole nitrogens is 2. The standard InChI is InChI=1S/C20H15N7O/c1-13-17(20(28)27(26-13)15-10-6-3-7-11-15)22-24-19-16(12-21)18(23-25-19)14-8-4-2-5-9-14/h2-11,26H,1H3,(H,23,25). The van der Waals surface area contributed by atoms with Crippen molar-refractivity contribution in [3.05, 3.63) is 82.3 Å². The number of rotatable bonds is 4. The highest BCUT2D eigenvalue weighted by Crippen LogP contribution is 2.28.